The van der Waals surface area contributed by atoms with Gasteiger partial charge in [0.05, 0.1) is 10.2 Å². The molecule has 1 N–H and O–H groups in total. The largest absolute Gasteiger partial charge is 0.348 e. The number of fused-ring (bicyclic) bond motifs is 1. The number of thiophene rings is 1. The zero-order valence-electron chi connectivity index (χ0n) is 11.1. The Morgan fingerprint density at radius 2 is 2.37 bits per heavy atom. The van der Waals surface area contributed by atoms with E-state index >= 15 is 0 Å². The minimum atomic E-state index is -0.0758. The predicted octanol–water partition coefficient (Wildman–Crippen LogP) is 2.03. The van der Waals surface area contributed by atoms with E-state index < -0.39 is 0 Å². The number of hydrogen-bond donors (Lipinski definition) is 1. The second kappa shape index (κ2) is 6.45. The third-order valence-corrected chi connectivity index (χ3v) is 3.42. The minimum absolute atomic E-state index is 0.0758. The third-order valence-electron chi connectivity index (χ3n) is 2.57. The second-order valence-corrected chi connectivity index (χ2v) is 5.48. The minimum Gasteiger partial charge on any atom is -0.348 e. The van der Waals surface area contributed by atoms with Crippen LogP contribution in [-0.4, -0.2) is 36.4 Å². The lowest BCUT2D eigenvalue weighted by Crippen LogP contribution is -2.21. The van der Waals surface area contributed by atoms with E-state index in [2.05, 4.69) is 16.4 Å². The third kappa shape index (κ3) is 4.15. The number of likely N-dealkylation sites (N-methyl/N-ethyl adjacent to an activating group) is 1. The SMILES string of the molecule is CN(C)C/C=C/C(=O)NCc1cnc2ccsc2c1. The van der Waals surface area contributed by atoms with Crippen molar-refractivity contribution in [1.82, 2.24) is 15.2 Å². The first-order chi connectivity index (χ1) is 9.15. The molecule has 0 fully saturated rings. The number of amides is 1. The number of rotatable bonds is 5. The Kier molecular flexibility index (Phi) is 4.65. The van der Waals surface area contributed by atoms with Crippen molar-refractivity contribution in [2.24, 2.45) is 0 Å². The number of carbonyl (C=O) groups excluding carboxylic acids is 1. The molecule has 5 heteroatoms. The quantitative estimate of drug-likeness (QED) is 0.849. The molecular weight excluding hydrogens is 258 g/mol. The van der Waals surface area contributed by atoms with Gasteiger partial charge < -0.3 is 10.2 Å². The molecule has 0 aliphatic heterocycles. The molecule has 2 rings (SSSR count). The maximum Gasteiger partial charge on any atom is 0.243 e. The van der Waals surface area contributed by atoms with E-state index in [9.17, 15) is 4.79 Å². The molecule has 0 saturated carbocycles. The monoisotopic (exact) mass is 275 g/mol. The Hall–Kier alpha value is -1.72. The second-order valence-electron chi connectivity index (χ2n) is 4.53. The summed E-state index contributed by atoms with van der Waals surface area (Å²) in [7, 11) is 3.92. The van der Waals surface area contributed by atoms with Gasteiger partial charge in [0.1, 0.15) is 0 Å². The van der Waals surface area contributed by atoms with Gasteiger partial charge in [-0.3, -0.25) is 9.78 Å². The van der Waals surface area contributed by atoms with Crippen molar-refractivity contribution in [1.29, 1.82) is 0 Å². The van der Waals surface area contributed by atoms with Crippen LogP contribution < -0.4 is 5.32 Å². The van der Waals surface area contributed by atoms with Crippen LogP contribution in [0.15, 0.2) is 35.9 Å². The average molecular weight is 275 g/mol. The number of pyridine rings is 1. The van der Waals surface area contributed by atoms with Crippen LogP contribution >= 0.6 is 11.3 Å². The standard InChI is InChI=1S/C14H17N3OS/c1-17(2)6-3-4-14(18)16-10-11-8-13-12(15-9-11)5-7-19-13/h3-5,7-9H,6,10H2,1-2H3,(H,16,18)/b4-3+. The first kappa shape index (κ1) is 13.7. The summed E-state index contributed by atoms with van der Waals surface area (Å²) in [6.45, 7) is 1.27. The molecule has 0 aromatic carbocycles. The number of nitrogens with one attached hydrogen (secondary N) is 1. The van der Waals surface area contributed by atoms with Crippen LogP contribution in [0.2, 0.25) is 0 Å². The fourth-order valence-electron chi connectivity index (χ4n) is 1.60. The first-order valence-corrected chi connectivity index (χ1v) is 6.94. The molecule has 0 aliphatic carbocycles. The van der Waals surface area contributed by atoms with Gasteiger partial charge in [-0.2, -0.15) is 0 Å². The molecule has 4 nitrogen and oxygen atoms in total. The molecule has 0 unspecified atom stereocenters. The maximum absolute atomic E-state index is 11.6. The van der Waals surface area contributed by atoms with E-state index in [1.807, 2.05) is 36.5 Å². The normalized spacial score (nSPS) is 11.5. The molecule has 0 radical (unpaired) electrons. The van der Waals surface area contributed by atoms with E-state index in [1.165, 1.54) is 0 Å². The molecule has 2 heterocycles. The van der Waals surface area contributed by atoms with Crippen LogP contribution in [0, 0.1) is 0 Å². The van der Waals surface area contributed by atoms with Gasteiger partial charge in [0.2, 0.25) is 5.91 Å². The summed E-state index contributed by atoms with van der Waals surface area (Å²) in [5.74, 6) is -0.0758. The Bertz CT molecular complexity index is 589. The average Bonchev–Trinajstić information content (AvgIpc) is 2.83. The molecule has 2 aromatic rings. The van der Waals surface area contributed by atoms with Crippen molar-refractivity contribution >= 4 is 27.5 Å². The number of nitrogens with zero attached hydrogens (tertiary/aromatic N) is 2. The topological polar surface area (TPSA) is 45.2 Å². The Balaban J connectivity index is 1.87. The van der Waals surface area contributed by atoms with Gasteiger partial charge >= 0.3 is 0 Å². The van der Waals surface area contributed by atoms with E-state index in [1.54, 1.807) is 23.6 Å². The van der Waals surface area contributed by atoms with Crippen LogP contribution in [0.4, 0.5) is 0 Å². The molecule has 0 aliphatic rings. The zero-order chi connectivity index (χ0) is 13.7. The van der Waals surface area contributed by atoms with Gasteiger partial charge in [-0.15, -0.1) is 11.3 Å². The van der Waals surface area contributed by atoms with Crippen molar-refractivity contribution in [2.45, 2.75) is 6.54 Å². The number of hydrogen-bond acceptors (Lipinski definition) is 4. The summed E-state index contributed by atoms with van der Waals surface area (Å²) in [6.07, 6.45) is 5.21. The lowest BCUT2D eigenvalue weighted by molar-refractivity contribution is -0.116. The van der Waals surface area contributed by atoms with Crippen LogP contribution in [0.1, 0.15) is 5.56 Å². The van der Waals surface area contributed by atoms with Gasteiger partial charge in [-0.25, -0.2) is 0 Å². The molecular formula is C14H17N3OS. The van der Waals surface area contributed by atoms with Crippen LogP contribution in [-0.2, 0) is 11.3 Å². The highest BCUT2D eigenvalue weighted by molar-refractivity contribution is 7.17. The number of carbonyl (C=O) groups is 1. The van der Waals surface area contributed by atoms with Crippen LogP contribution in [0.3, 0.4) is 0 Å². The fourth-order valence-corrected chi connectivity index (χ4v) is 2.41. The molecule has 0 atom stereocenters. The lowest BCUT2D eigenvalue weighted by atomic mass is 10.2. The molecule has 0 spiro atoms. The van der Waals surface area contributed by atoms with Gasteiger partial charge in [-0.1, -0.05) is 6.08 Å². The lowest BCUT2D eigenvalue weighted by Gasteiger charge is -2.04. The summed E-state index contributed by atoms with van der Waals surface area (Å²) in [6, 6.07) is 4.06. The molecule has 1 amide bonds. The van der Waals surface area contributed by atoms with Gasteiger partial charge in [0, 0.05) is 25.4 Å². The molecule has 0 bridgehead atoms. The van der Waals surface area contributed by atoms with Crippen molar-refractivity contribution in [2.75, 3.05) is 20.6 Å². The highest BCUT2D eigenvalue weighted by atomic mass is 32.1. The molecule has 100 valence electrons. The van der Waals surface area contributed by atoms with Gasteiger partial charge in [-0.05, 0) is 37.2 Å². The van der Waals surface area contributed by atoms with E-state index in [4.69, 9.17) is 0 Å². The Labute approximate surface area is 116 Å². The molecule has 19 heavy (non-hydrogen) atoms. The summed E-state index contributed by atoms with van der Waals surface area (Å²) >= 11 is 1.66. The predicted molar refractivity (Wildman–Crippen MR) is 79.2 cm³/mol. The van der Waals surface area contributed by atoms with E-state index in [-0.39, 0.29) is 5.91 Å². The van der Waals surface area contributed by atoms with Crippen molar-refractivity contribution in [3.63, 3.8) is 0 Å². The fraction of sp³-hybridized carbons (Fsp3) is 0.286. The van der Waals surface area contributed by atoms with Crippen LogP contribution in [0.25, 0.3) is 10.2 Å². The first-order valence-electron chi connectivity index (χ1n) is 6.06. The Morgan fingerprint density at radius 1 is 1.53 bits per heavy atom. The van der Waals surface area contributed by atoms with Gasteiger partial charge in [0.15, 0.2) is 0 Å². The zero-order valence-corrected chi connectivity index (χ0v) is 11.9. The Morgan fingerprint density at radius 3 is 3.16 bits per heavy atom. The molecule has 2 aromatic heterocycles. The molecule has 0 saturated heterocycles. The summed E-state index contributed by atoms with van der Waals surface area (Å²) in [4.78, 5) is 17.9. The highest BCUT2D eigenvalue weighted by Gasteiger charge is 2.00. The van der Waals surface area contributed by atoms with Gasteiger partial charge in [0.25, 0.3) is 0 Å². The van der Waals surface area contributed by atoms with Crippen LogP contribution in [0.5, 0.6) is 0 Å². The van der Waals surface area contributed by atoms with Crippen molar-refractivity contribution in [3.05, 3.63) is 41.4 Å². The maximum atomic E-state index is 11.6. The highest BCUT2D eigenvalue weighted by Crippen LogP contribution is 2.19. The summed E-state index contributed by atoms with van der Waals surface area (Å²) in [5, 5.41) is 4.87. The number of aromatic nitrogens is 1. The smallest absolute Gasteiger partial charge is 0.243 e. The van der Waals surface area contributed by atoms with E-state index in [0.717, 1.165) is 22.3 Å². The summed E-state index contributed by atoms with van der Waals surface area (Å²) in [5.41, 5.74) is 2.02. The van der Waals surface area contributed by atoms with E-state index in [0.29, 0.717) is 6.54 Å². The van der Waals surface area contributed by atoms with Crippen molar-refractivity contribution in [3.8, 4) is 0 Å². The van der Waals surface area contributed by atoms with Crippen molar-refractivity contribution < 1.29 is 4.79 Å². The summed E-state index contributed by atoms with van der Waals surface area (Å²) < 4.78 is 1.15.